The molecule has 2 heterocycles. The van der Waals surface area contributed by atoms with E-state index in [0.717, 1.165) is 30.2 Å². The zero-order chi connectivity index (χ0) is 19.7. The normalized spacial score (nSPS) is 23.5. The molecule has 150 valence electrons. The first-order chi connectivity index (χ1) is 13.5. The van der Waals surface area contributed by atoms with E-state index in [2.05, 4.69) is 12.2 Å². The summed E-state index contributed by atoms with van der Waals surface area (Å²) >= 11 is 0. The average molecular weight is 382 g/mol. The summed E-state index contributed by atoms with van der Waals surface area (Å²) in [5.41, 5.74) is 0.846. The van der Waals surface area contributed by atoms with E-state index in [1.165, 1.54) is 25.7 Å². The lowest BCUT2D eigenvalue weighted by Gasteiger charge is -2.44. The van der Waals surface area contributed by atoms with Crippen LogP contribution in [0.3, 0.4) is 0 Å². The van der Waals surface area contributed by atoms with Crippen LogP contribution in [0.25, 0.3) is 10.9 Å². The van der Waals surface area contributed by atoms with Gasteiger partial charge in [0.25, 0.3) is 5.91 Å². The second kappa shape index (κ2) is 7.61. The first-order valence-electron chi connectivity index (χ1n) is 10.8. The van der Waals surface area contributed by atoms with Gasteiger partial charge in [-0.05, 0) is 38.3 Å². The van der Waals surface area contributed by atoms with Crippen LogP contribution >= 0.6 is 0 Å². The summed E-state index contributed by atoms with van der Waals surface area (Å²) in [6.45, 7) is 5.08. The molecule has 0 saturated heterocycles. The molecule has 2 aliphatic rings. The molecule has 0 spiro atoms. The topological polar surface area (TPSA) is 54.3 Å². The third-order valence-corrected chi connectivity index (χ3v) is 6.46. The molecule has 2 amide bonds. The van der Waals surface area contributed by atoms with Crippen molar-refractivity contribution in [2.75, 3.05) is 6.54 Å². The first kappa shape index (κ1) is 19.0. The maximum Gasteiger partial charge on any atom is 0.271 e. The SMILES string of the molecule is CCCN1C(=O)c2cc3ccccc3n2C[C@]1(C)C(=O)NC1CCCCCC1. The molecule has 0 bridgehead atoms. The van der Waals surface area contributed by atoms with Crippen molar-refractivity contribution in [3.05, 3.63) is 36.0 Å². The minimum absolute atomic E-state index is 0.00960. The van der Waals surface area contributed by atoms with E-state index in [1.807, 2.05) is 41.8 Å². The Labute approximate surface area is 167 Å². The van der Waals surface area contributed by atoms with E-state index >= 15 is 0 Å². The predicted molar refractivity (Wildman–Crippen MR) is 111 cm³/mol. The monoisotopic (exact) mass is 381 g/mol. The van der Waals surface area contributed by atoms with Gasteiger partial charge in [-0.25, -0.2) is 0 Å². The third kappa shape index (κ3) is 3.21. The van der Waals surface area contributed by atoms with Crippen LogP contribution in [0.15, 0.2) is 30.3 Å². The maximum atomic E-state index is 13.5. The first-order valence-corrected chi connectivity index (χ1v) is 10.8. The zero-order valence-corrected chi connectivity index (χ0v) is 17.0. The number of aromatic nitrogens is 1. The number of nitrogens with one attached hydrogen (secondary N) is 1. The molecule has 1 aromatic heterocycles. The quantitative estimate of drug-likeness (QED) is 0.811. The number of carbonyl (C=O) groups excluding carboxylic acids is 2. The van der Waals surface area contributed by atoms with Gasteiger partial charge >= 0.3 is 0 Å². The van der Waals surface area contributed by atoms with Crippen LogP contribution in [0.2, 0.25) is 0 Å². The summed E-state index contributed by atoms with van der Waals surface area (Å²) in [4.78, 5) is 28.6. The molecule has 1 aliphatic carbocycles. The molecule has 1 fully saturated rings. The summed E-state index contributed by atoms with van der Waals surface area (Å²) in [5.74, 6) is -0.0487. The minimum atomic E-state index is -0.867. The van der Waals surface area contributed by atoms with Crippen molar-refractivity contribution in [1.29, 1.82) is 0 Å². The van der Waals surface area contributed by atoms with Gasteiger partial charge in [-0.2, -0.15) is 0 Å². The van der Waals surface area contributed by atoms with Crippen molar-refractivity contribution in [1.82, 2.24) is 14.8 Å². The van der Waals surface area contributed by atoms with Crippen LogP contribution in [0.4, 0.5) is 0 Å². The van der Waals surface area contributed by atoms with Gasteiger partial charge in [-0.1, -0.05) is 50.8 Å². The highest BCUT2D eigenvalue weighted by atomic mass is 16.2. The number of hydrogen-bond donors (Lipinski definition) is 1. The number of amides is 2. The summed E-state index contributed by atoms with van der Waals surface area (Å²) in [6, 6.07) is 10.2. The molecular weight excluding hydrogens is 350 g/mol. The Hall–Kier alpha value is -2.30. The molecule has 1 atom stereocenters. The van der Waals surface area contributed by atoms with Crippen LogP contribution in [0, 0.1) is 0 Å². The smallest absolute Gasteiger partial charge is 0.271 e. The van der Waals surface area contributed by atoms with Crippen molar-refractivity contribution < 1.29 is 9.59 Å². The van der Waals surface area contributed by atoms with Crippen molar-refractivity contribution in [3.63, 3.8) is 0 Å². The molecule has 2 aromatic rings. The number of rotatable bonds is 4. The summed E-state index contributed by atoms with van der Waals surface area (Å²) in [7, 11) is 0. The Morgan fingerprint density at radius 2 is 1.89 bits per heavy atom. The lowest BCUT2D eigenvalue weighted by atomic mass is 9.93. The van der Waals surface area contributed by atoms with Gasteiger partial charge in [0.05, 0.1) is 6.54 Å². The van der Waals surface area contributed by atoms with Gasteiger partial charge in [-0.15, -0.1) is 0 Å². The van der Waals surface area contributed by atoms with E-state index < -0.39 is 5.54 Å². The van der Waals surface area contributed by atoms with Gasteiger partial charge in [0, 0.05) is 23.5 Å². The lowest BCUT2D eigenvalue weighted by molar-refractivity contribution is -0.133. The molecule has 1 N–H and O–H groups in total. The summed E-state index contributed by atoms with van der Waals surface area (Å²) in [5, 5.41) is 4.35. The Kier molecular flexibility index (Phi) is 5.17. The number of fused-ring (bicyclic) bond motifs is 3. The number of benzene rings is 1. The second-order valence-electron chi connectivity index (χ2n) is 8.57. The van der Waals surface area contributed by atoms with E-state index in [9.17, 15) is 9.59 Å². The molecule has 4 rings (SSSR count). The van der Waals surface area contributed by atoms with E-state index in [-0.39, 0.29) is 17.9 Å². The fourth-order valence-corrected chi connectivity index (χ4v) is 4.84. The largest absolute Gasteiger partial charge is 0.351 e. The molecule has 0 unspecified atom stereocenters. The number of hydrogen-bond acceptors (Lipinski definition) is 2. The van der Waals surface area contributed by atoms with E-state index in [4.69, 9.17) is 0 Å². The second-order valence-corrected chi connectivity index (χ2v) is 8.57. The molecule has 1 aliphatic heterocycles. The zero-order valence-electron chi connectivity index (χ0n) is 17.0. The Balaban J connectivity index is 1.69. The van der Waals surface area contributed by atoms with Crippen molar-refractivity contribution in [2.45, 2.75) is 76.9 Å². The highest BCUT2D eigenvalue weighted by molar-refractivity contribution is 6.03. The fraction of sp³-hybridized carbons (Fsp3) is 0.565. The van der Waals surface area contributed by atoms with Crippen molar-refractivity contribution >= 4 is 22.7 Å². The molecule has 1 saturated carbocycles. The maximum absolute atomic E-state index is 13.5. The highest BCUT2D eigenvalue weighted by Gasteiger charge is 2.47. The van der Waals surface area contributed by atoms with Gasteiger partial charge < -0.3 is 14.8 Å². The average Bonchev–Trinajstić information content (AvgIpc) is 2.86. The van der Waals surface area contributed by atoms with Gasteiger partial charge in [0.15, 0.2) is 0 Å². The van der Waals surface area contributed by atoms with Crippen molar-refractivity contribution in [2.24, 2.45) is 0 Å². The predicted octanol–water partition coefficient (Wildman–Crippen LogP) is 4.10. The number of carbonyl (C=O) groups is 2. The van der Waals surface area contributed by atoms with E-state index in [1.54, 1.807) is 4.90 Å². The number of nitrogens with zero attached hydrogens (tertiary/aromatic N) is 2. The molecule has 5 heteroatoms. The van der Waals surface area contributed by atoms with Crippen LogP contribution < -0.4 is 5.32 Å². The fourth-order valence-electron chi connectivity index (χ4n) is 4.84. The van der Waals surface area contributed by atoms with Crippen molar-refractivity contribution in [3.8, 4) is 0 Å². The van der Waals surface area contributed by atoms with Crippen LogP contribution in [0.1, 0.15) is 69.3 Å². The molecule has 1 aromatic carbocycles. The summed E-state index contributed by atoms with van der Waals surface area (Å²) < 4.78 is 2.04. The highest BCUT2D eigenvalue weighted by Crippen LogP contribution is 2.32. The minimum Gasteiger partial charge on any atom is -0.351 e. The summed E-state index contributed by atoms with van der Waals surface area (Å²) in [6.07, 6.45) is 7.77. The number of para-hydroxylation sites is 1. The Morgan fingerprint density at radius 3 is 2.61 bits per heavy atom. The molecule has 5 nitrogen and oxygen atoms in total. The third-order valence-electron chi connectivity index (χ3n) is 6.46. The molecule has 28 heavy (non-hydrogen) atoms. The van der Waals surface area contributed by atoms with Gasteiger partial charge in [0.2, 0.25) is 5.91 Å². The Bertz CT molecular complexity index is 879. The van der Waals surface area contributed by atoms with Crippen LogP contribution in [-0.4, -0.2) is 39.4 Å². The van der Waals surface area contributed by atoms with Crippen LogP contribution in [-0.2, 0) is 11.3 Å². The Morgan fingerprint density at radius 1 is 1.18 bits per heavy atom. The molecular formula is C23H31N3O2. The lowest BCUT2D eigenvalue weighted by Crippen LogP contribution is -2.65. The standard InChI is InChI=1S/C23H31N3O2/c1-3-14-26-21(27)20-15-17-10-8-9-13-19(17)25(20)16-23(26,2)22(28)24-18-11-6-4-5-7-12-18/h8-10,13,15,18H,3-7,11-12,14,16H2,1-2H3,(H,24,28)/t23-/m1/s1. The van der Waals surface area contributed by atoms with Gasteiger partial charge in [0.1, 0.15) is 11.2 Å². The van der Waals surface area contributed by atoms with E-state index in [0.29, 0.717) is 18.8 Å². The molecule has 0 radical (unpaired) electrons. The van der Waals surface area contributed by atoms with Crippen LogP contribution in [0.5, 0.6) is 0 Å². The van der Waals surface area contributed by atoms with Gasteiger partial charge in [-0.3, -0.25) is 9.59 Å².